The highest BCUT2D eigenvalue weighted by Crippen LogP contribution is 2.55. The number of likely N-dealkylation sites (tertiary alicyclic amines) is 4. The summed E-state index contributed by atoms with van der Waals surface area (Å²) in [6.45, 7) is 7.81. The van der Waals surface area contributed by atoms with E-state index in [1.54, 1.807) is 40.3 Å². The van der Waals surface area contributed by atoms with Gasteiger partial charge in [0.15, 0.2) is 11.6 Å². The molecule has 24 nitrogen and oxygen atoms in total. The average molecular weight is 1730 g/mol. The summed E-state index contributed by atoms with van der Waals surface area (Å²) in [5.41, 5.74) is 13.3. The average Bonchev–Trinajstić information content (AvgIpc) is 1.66. The Morgan fingerprint density at radius 2 is 0.898 bits per heavy atom. The maximum atomic E-state index is 14.4. The van der Waals surface area contributed by atoms with Gasteiger partial charge in [0.25, 0.3) is 23.6 Å². The number of carbonyl (C=O) groups excluding carboxylic acids is 4. The molecule has 0 radical (unpaired) electrons. The summed E-state index contributed by atoms with van der Waals surface area (Å²) in [7, 11) is 7.70. The van der Waals surface area contributed by atoms with Crippen LogP contribution in [0.3, 0.4) is 0 Å². The second kappa shape index (κ2) is 32.9. The Kier molecular flexibility index (Phi) is 21.4. The number of hydrogen-bond donors (Lipinski definition) is 0. The molecule has 0 bridgehead atoms. The molecular weight excluding hydrogens is 1640 g/mol. The Morgan fingerprint density at radius 3 is 1.45 bits per heavy atom. The summed E-state index contributed by atoms with van der Waals surface area (Å²) in [5, 5.41) is 20.6. The highest BCUT2D eigenvalue weighted by molar-refractivity contribution is 6.31. The molecule has 4 saturated heterocycles. The van der Waals surface area contributed by atoms with Crippen LogP contribution in [0, 0.1) is 5.82 Å². The number of benzene rings is 8. The zero-order chi connectivity index (χ0) is 87.8. The van der Waals surface area contributed by atoms with E-state index in [1.165, 1.54) is 35.2 Å². The minimum Gasteiger partial charge on any atom is -0.488 e. The zero-order valence-corrected chi connectivity index (χ0v) is 71.3. The molecule has 4 amide bonds. The Morgan fingerprint density at radius 1 is 0.441 bits per heavy atom. The highest BCUT2D eigenvalue weighted by Gasteiger charge is 2.51. The zero-order valence-electron chi connectivity index (χ0n) is 70.6. The molecule has 22 rings (SSSR count). The smallest absolute Gasteiger partial charge is 0.488 e. The fourth-order valence-corrected chi connectivity index (χ4v) is 19.4. The highest BCUT2D eigenvalue weighted by atomic mass is 35.5. The molecule has 127 heavy (non-hydrogen) atoms. The molecule has 14 heterocycles. The van der Waals surface area contributed by atoms with Crippen molar-refractivity contribution < 1.29 is 65.2 Å². The van der Waals surface area contributed by atoms with Gasteiger partial charge in [0.05, 0.1) is 69.5 Å². The number of halogens is 5. The van der Waals surface area contributed by atoms with Crippen LogP contribution in [0.5, 0.6) is 34.5 Å². The van der Waals surface area contributed by atoms with E-state index >= 15 is 0 Å². The molecule has 0 saturated carbocycles. The second-order valence-electron chi connectivity index (χ2n) is 33.5. The standard InChI is InChI=1S/C25H26FN3O3.2C25H22N4O2.C23H19ClF3N3O3/c1-16(2)31-22-9-8-17(14-20(22)26)24(30)29-12-10-25(11-13-29)19-15-27-28(3)23(19)18-6-4-5-7-21(18)32-25;1-28-16-20-23(27-28)19-7-3-5-9-22(19)31-25(20)11-14-29(15-12-25)24(30)18-10-13-26-21-8-4-2-6-17(18)21;1-28-23-18-8-2-3-10-21(18)31-25(20(23)16-27-28)11-14-29(15-12-25)24(30)19-9-4-6-17-7-5-13-26-22(17)19;1-29-20-16-12-14(24)6-7-19(16)32-22(17(20)13-28-29)8-10-30(11-9-22)21(31)15-4-2-3-5-18(15)33-23(25,26)27/h4-9,14-16H,10-13H2,1-3H3;2*2-10,13,16H,11-12,14-15H2,1H3;2-7,12-13H,8-11H2,1H3. The number of rotatable bonds is 7. The van der Waals surface area contributed by atoms with Gasteiger partial charge in [-0.1, -0.05) is 96.5 Å². The van der Waals surface area contributed by atoms with Crippen molar-refractivity contribution in [2.75, 3.05) is 52.4 Å². The molecule has 4 fully saturated rings. The summed E-state index contributed by atoms with van der Waals surface area (Å²) < 4.78 is 95.9. The summed E-state index contributed by atoms with van der Waals surface area (Å²) in [4.78, 5) is 68.9. The number of fused-ring (bicyclic) bond motifs is 18. The first-order chi connectivity index (χ1) is 61.3. The van der Waals surface area contributed by atoms with Crippen LogP contribution in [0.1, 0.15) is 129 Å². The number of piperidine rings is 4. The van der Waals surface area contributed by atoms with Gasteiger partial charge in [-0.3, -0.25) is 47.9 Å². The van der Waals surface area contributed by atoms with Crippen LogP contribution >= 0.6 is 11.6 Å². The quantitative estimate of drug-likeness (QED) is 0.135. The van der Waals surface area contributed by atoms with E-state index in [9.17, 15) is 36.7 Å². The van der Waals surface area contributed by atoms with E-state index in [0.29, 0.717) is 106 Å². The van der Waals surface area contributed by atoms with E-state index in [-0.39, 0.29) is 35.1 Å². The lowest BCUT2D eigenvalue weighted by Crippen LogP contribution is -2.49. The summed E-state index contributed by atoms with van der Waals surface area (Å²) in [6, 6.07) is 58.7. The van der Waals surface area contributed by atoms with Gasteiger partial charge in [-0.05, 0) is 123 Å². The first-order valence-electron chi connectivity index (χ1n) is 42.5. The van der Waals surface area contributed by atoms with Crippen molar-refractivity contribution in [2.45, 2.75) is 100 Å². The van der Waals surface area contributed by atoms with Crippen molar-refractivity contribution in [1.29, 1.82) is 0 Å². The van der Waals surface area contributed by atoms with Crippen molar-refractivity contribution in [3.63, 3.8) is 0 Å². The number of para-hydroxylation sites is 6. The number of amides is 4. The fraction of sp³-hybridized carbons (Fsp3) is 0.286. The molecule has 8 aliphatic rings. The minimum atomic E-state index is -4.88. The third-order valence-electron chi connectivity index (χ3n) is 25.5. The monoisotopic (exact) mass is 1730 g/mol. The summed E-state index contributed by atoms with van der Waals surface area (Å²) in [5.74, 6) is 1.78. The molecule has 0 aliphatic carbocycles. The topological polar surface area (TPSA) is 234 Å². The Hall–Kier alpha value is -13.9. The van der Waals surface area contributed by atoms with Crippen LogP contribution in [0.25, 0.3) is 66.8 Å². The van der Waals surface area contributed by atoms with Crippen LogP contribution in [-0.4, -0.2) is 157 Å². The van der Waals surface area contributed by atoms with Gasteiger partial charge in [0.1, 0.15) is 56.8 Å². The van der Waals surface area contributed by atoms with E-state index in [0.717, 1.165) is 138 Å². The molecule has 0 N–H and O–H groups in total. The van der Waals surface area contributed by atoms with Gasteiger partial charge in [0, 0.05) is 216 Å². The van der Waals surface area contributed by atoms with Gasteiger partial charge in [-0.2, -0.15) is 20.4 Å². The molecule has 0 atom stereocenters. The number of aryl methyl sites for hydroxylation is 4. The molecule has 0 unspecified atom stereocenters. The van der Waals surface area contributed by atoms with Gasteiger partial charge in [0.2, 0.25) is 0 Å². The van der Waals surface area contributed by atoms with Crippen LogP contribution in [0.2, 0.25) is 5.02 Å². The number of ether oxygens (including phenoxy) is 6. The van der Waals surface area contributed by atoms with E-state index in [1.807, 2.05) is 212 Å². The predicted molar refractivity (Wildman–Crippen MR) is 468 cm³/mol. The maximum Gasteiger partial charge on any atom is 0.573 e. The Labute approximate surface area is 733 Å². The number of hydrogen-bond acceptors (Lipinski definition) is 16. The lowest BCUT2D eigenvalue weighted by molar-refractivity contribution is -0.274. The van der Waals surface area contributed by atoms with Crippen LogP contribution in [0.15, 0.2) is 231 Å². The molecule has 14 aromatic rings. The normalized spacial score (nSPS) is 16.6. The molecular formula is C98H89ClF4N14O10. The largest absolute Gasteiger partial charge is 0.573 e. The number of alkyl halides is 3. The second-order valence-corrected chi connectivity index (χ2v) is 33.9. The van der Waals surface area contributed by atoms with Crippen LogP contribution in [0.4, 0.5) is 17.6 Å². The third kappa shape index (κ3) is 15.3. The van der Waals surface area contributed by atoms with Crippen LogP contribution < -0.4 is 28.4 Å². The Balaban J connectivity index is 0.000000110. The molecule has 6 aromatic heterocycles. The Bertz CT molecular complexity index is 6500. The van der Waals surface area contributed by atoms with Gasteiger partial charge >= 0.3 is 6.36 Å². The van der Waals surface area contributed by atoms with Gasteiger partial charge in [-0.25, -0.2) is 4.39 Å². The van der Waals surface area contributed by atoms with Crippen molar-refractivity contribution in [3.05, 3.63) is 287 Å². The van der Waals surface area contributed by atoms with Gasteiger partial charge < -0.3 is 48.0 Å². The first kappa shape index (κ1) is 82.7. The minimum absolute atomic E-state index is 0.0294. The van der Waals surface area contributed by atoms with Crippen LogP contribution in [-0.2, 0) is 50.6 Å². The van der Waals surface area contributed by atoms with E-state index in [4.69, 9.17) is 40.4 Å². The lowest BCUT2D eigenvalue weighted by Gasteiger charge is -2.44. The molecule has 29 heteroatoms. The predicted octanol–water partition coefficient (Wildman–Crippen LogP) is 18.0. The molecule has 8 aliphatic heterocycles. The van der Waals surface area contributed by atoms with Crippen molar-refractivity contribution in [2.24, 2.45) is 28.2 Å². The van der Waals surface area contributed by atoms with Crippen molar-refractivity contribution >= 4 is 57.0 Å². The number of aromatic nitrogens is 10. The van der Waals surface area contributed by atoms with Crippen molar-refractivity contribution in [1.82, 2.24) is 68.7 Å². The van der Waals surface area contributed by atoms with E-state index in [2.05, 4.69) is 48.3 Å². The number of carbonyl (C=O) groups is 4. The molecule has 8 aromatic carbocycles. The maximum absolute atomic E-state index is 14.4. The molecule has 646 valence electrons. The van der Waals surface area contributed by atoms with Gasteiger partial charge in [-0.15, -0.1) is 13.2 Å². The lowest BCUT2D eigenvalue weighted by atomic mass is 9.81. The number of pyridine rings is 2. The SMILES string of the molecule is CC(C)Oc1ccc(C(=O)N2CCC3(CC2)Oc2ccccc2-c2c3cnn2C)cc1F.Cn1cc2c(n1)-c1ccccc1OC21CCN(C(=O)c2ccnc3ccccc23)CC1.Cn1ncc2c1-c1cc(Cl)ccc1OC21CCN(C(=O)c2ccccc2OC(F)(F)F)CC1.Cn1ncc2c1-c1ccccc1OC21CCN(C(=O)c2cccc3cccnc23)CC1. The number of nitrogens with zero attached hydrogens (tertiary/aromatic N) is 14. The summed E-state index contributed by atoms with van der Waals surface area (Å²) in [6.07, 6.45) is 11.2. The molecule has 4 spiro atoms. The fourth-order valence-electron chi connectivity index (χ4n) is 19.2. The first-order valence-corrected chi connectivity index (χ1v) is 42.8. The van der Waals surface area contributed by atoms with E-state index < -0.39 is 46.2 Å². The summed E-state index contributed by atoms with van der Waals surface area (Å²) >= 11 is 6.19. The third-order valence-corrected chi connectivity index (χ3v) is 25.7. The van der Waals surface area contributed by atoms with Crippen molar-refractivity contribution in [3.8, 4) is 79.5 Å².